The molecule has 2 aromatic heterocycles. The molecule has 1 fully saturated rings. The predicted molar refractivity (Wildman–Crippen MR) is 114 cm³/mol. The molecule has 0 unspecified atom stereocenters. The Balaban J connectivity index is 1.49. The molecular formula is C21H23N7O. The van der Waals surface area contributed by atoms with Gasteiger partial charge < -0.3 is 15.5 Å². The Morgan fingerprint density at radius 3 is 2.66 bits per heavy atom. The third kappa shape index (κ3) is 3.21. The zero-order valence-corrected chi connectivity index (χ0v) is 16.5. The number of rotatable bonds is 3. The number of aromatic nitrogens is 4. The first-order chi connectivity index (χ1) is 14.1. The molecule has 0 saturated carbocycles. The smallest absolute Gasteiger partial charge is 0.257 e. The van der Waals surface area contributed by atoms with Gasteiger partial charge in [-0.25, -0.2) is 0 Å². The summed E-state index contributed by atoms with van der Waals surface area (Å²) in [6, 6.07) is 9.64. The number of amides is 1. The number of carbonyl (C=O) groups is 1. The van der Waals surface area contributed by atoms with Gasteiger partial charge in [0.25, 0.3) is 5.91 Å². The highest BCUT2D eigenvalue weighted by atomic mass is 16.1. The molecule has 148 valence electrons. The molecule has 0 spiro atoms. The number of nitrogens with zero attached hydrogens (tertiary/aromatic N) is 5. The predicted octanol–water partition coefficient (Wildman–Crippen LogP) is 2.12. The Bertz CT molecular complexity index is 1220. The number of anilines is 2. The topological polar surface area (TPSA) is 80.0 Å². The Morgan fingerprint density at radius 1 is 1.03 bits per heavy atom. The van der Waals surface area contributed by atoms with Crippen molar-refractivity contribution in [1.29, 1.82) is 0 Å². The maximum atomic E-state index is 13.1. The number of fused-ring (bicyclic) bond motifs is 2. The van der Waals surface area contributed by atoms with Crippen LogP contribution < -0.4 is 15.5 Å². The molecule has 5 rings (SSSR count). The van der Waals surface area contributed by atoms with Crippen LogP contribution in [-0.2, 0) is 14.1 Å². The van der Waals surface area contributed by atoms with Crippen LogP contribution in [-0.4, -0.2) is 51.6 Å². The minimum atomic E-state index is -0.163. The second kappa shape index (κ2) is 6.89. The van der Waals surface area contributed by atoms with E-state index in [-0.39, 0.29) is 5.91 Å². The van der Waals surface area contributed by atoms with Crippen molar-refractivity contribution in [3.8, 4) is 0 Å². The molecule has 29 heavy (non-hydrogen) atoms. The molecule has 2 aromatic carbocycles. The summed E-state index contributed by atoms with van der Waals surface area (Å²) in [4.78, 5) is 15.4. The van der Waals surface area contributed by atoms with E-state index in [1.807, 2.05) is 56.8 Å². The number of hydrogen-bond acceptors (Lipinski definition) is 5. The molecule has 1 aliphatic rings. The second-order valence-corrected chi connectivity index (χ2v) is 7.46. The third-order valence-corrected chi connectivity index (χ3v) is 5.35. The van der Waals surface area contributed by atoms with E-state index in [2.05, 4.69) is 25.7 Å². The van der Waals surface area contributed by atoms with Crippen LogP contribution in [0.4, 0.5) is 11.4 Å². The minimum absolute atomic E-state index is 0.163. The van der Waals surface area contributed by atoms with E-state index in [1.165, 1.54) is 0 Å². The monoisotopic (exact) mass is 389 g/mol. The summed E-state index contributed by atoms with van der Waals surface area (Å²) in [6.07, 6.45) is 3.93. The Labute approximate surface area is 168 Å². The first-order valence-electron chi connectivity index (χ1n) is 9.75. The maximum absolute atomic E-state index is 13.1. The fourth-order valence-electron chi connectivity index (χ4n) is 4.00. The quantitative estimate of drug-likeness (QED) is 0.561. The Kier molecular flexibility index (Phi) is 4.21. The molecule has 0 radical (unpaired) electrons. The van der Waals surface area contributed by atoms with Gasteiger partial charge in [0.15, 0.2) is 0 Å². The average molecular weight is 389 g/mol. The van der Waals surface area contributed by atoms with E-state index in [0.29, 0.717) is 5.56 Å². The Hall–Kier alpha value is -3.39. The molecule has 0 atom stereocenters. The molecular weight excluding hydrogens is 366 g/mol. The zero-order chi connectivity index (χ0) is 20.0. The largest absolute Gasteiger partial charge is 0.368 e. The van der Waals surface area contributed by atoms with Crippen LogP contribution in [0.1, 0.15) is 10.4 Å². The lowest BCUT2D eigenvalue weighted by atomic mass is 10.1. The van der Waals surface area contributed by atoms with Gasteiger partial charge in [-0.2, -0.15) is 10.2 Å². The van der Waals surface area contributed by atoms with Crippen LogP contribution in [0.15, 0.2) is 42.7 Å². The van der Waals surface area contributed by atoms with Crippen LogP contribution in [0.5, 0.6) is 0 Å². The normalized spacial score (nSPS) is 14.6. The molecule has 3 heterocycles. The molecule has 0 bridgehead atoms. The van der Waals surface area contributed by atoms with Crippen molar-refractivity contribution in [3.05, 3.63) is 48.3 Å². The maximum Gasteiger partial charge on any atom is 0.257 e. The first kappa shape index (κ1) is 17.7. The summed E-state index contributed by atoms with van der Waals surface area (Å²) in [5, 5.41) is 17.3. The van der Waals surface area contributed by atoms with Crippen LogP contribution in [0, 0.1) is 0 Å². The van der Waals surface area contributed by atoms with Gasteiger partial charge in [-0.3, -0.25) is 14.2 Å². The van der Waals surface area contributed by atoms with Gasteiger partial charge in [0.1, 0.15) is 5.52 Å². The van der Waals surface area contributed by atoms with Crippen LogP contribution in [0.3, 0.4) is 0 Å². The van der Waals surface area contributed by atoms with E-state index in [1.54, 1.807) is 9.36 Å². The van der Waals surface area contributed by atoms with E-state index in [4.69, 9.17) is 0 Å². The minimum Gasteiger partial charge on any atom is -0.368 e. The lowest BCUT2D eigenvalue weighted by Gasteiger charge is -2.30. The summed E-state index contributed by atoms with van der Waals surface area (Å²) in [6.45, 7) is 3.81. The van der Waals surface area contributed by atoms with Crippen molar-refractivity contribution in [1.82, 2.24) is 24.9 Å². The standard InChI is InChI=1S/C21H23N7O/c1-26-12-14-11-15(3-5-18(14)24-26)23-21(29)16-4-6-19(28-9-7-22-8-10-28)17-13-27(2)25-20(16)17/h3-6,11-13,22H,7-10H2,1-2H3,(H,23,29). The van der Waals surface area contributed by atoms with Crippen molar-refractivity contribution in [2.75, 3.05) is 36.4 Å². The molecule has 8 heteroatoms. The molecule has 1 saturated heterocycles. The molecule has 2 N–H and O–H groups in total. The molecule has 0 aliphatic carbocycles. The molecule has 8 nitrogen and oxygen atoms in total. The fraction of sp³-hybridized carbons (Fsp3) is 0.286. The van der Waals surface area contributed by atoms with Crippen molar-refractivity contribution >= 4 is 39.1 Å². The molecule has 1 aliphatic heterocycles. The number of aryl methyl sites for hydroxylation is 2. The SMILES string of the molecule is Cn1cc2cc(NC(=O)c3ccc(N4CCNCC4)c4cn(C)nc34)ccc2n1. The summed E-state index contributed by atoms with van der Waals surface area (Å²) >= 11 is 0. The number of benzene rings is 2. The summed E-state index contributed by atoms with van der Waals surface area (Å²) in [5.74, 6) is -0.163. The number of piperazine rings is 1. The lowest BCUT2D eigenvalue weighted by molar-refractivity contribution is 0.102. The van der Waals surface area contributed by atoms with Crippen LogP contribution >= 0.6 is 0 Å². The van der Waals surface area contributed by atoms with E-state index < -0.39 is 0 Å². The Morgan fingerprint density at radius 2 is 1.83 bits per heavy atom. The average Bonchev–Trinajstić information content (AvgIpc) is 3.28. The highest BCUT2D eigenvalue weighted by Crippen LogP contribution is 2.30. The van der Waals surface area contributed by atoms with Crippen molar-refractivity contribution in [2.45, 2.75) is 0 Å². The van der Waals surface area contributed by atoms with E-state index in [9.17, 15) is 4.79 Å². The lowest BCUT2D eigenvalue weighted by Crippen LogP contribution is -2.43. The number of hydrogen-bond donors (Lipinski definition) is 2. The third-order valence-electron chi connectivity index (χ3n) is 5.35. The fourth-order valence-corrected chi connectivity index (χ4v) is 4.00. The van der Waals surface area contributed by atoms with Crippen molar-refractivity contribution in [3.63, 3.8) is 0 Å². The van der Waals surface area contributed by atoms with E-state index in [0.717, 1.165) is 59.4 Å². The van der Waals surface area contributed by atoms with Crippen molar-refractivity contribution < 1.29 is 4.79 Å². The van der Waals surface area contributed by atoms with Gasteiger partial charge in [-0.1, -0.05) is 0 Å². The summed E-state index contributed by atoms with van der Waals surface area (Å²) < 4.78 is 3.54. The zero-order valence-electron chi connectivity index (χ0n) is 16.5. The summed E-state index contributed by atoms with van der Waals surface area (Å²) in [7, 11) is 3.77. The summed E-state index contributed by atoms with van der Waals surface area (Å²) in [5.41, 5.74) is 4.07. The van der Waals surface area contributed by atoms with Crippen LogP contribution in [0.2, 0.25) is 0 Å². The van der Waals surface area contributed by atoms with Gasteiger partial charge in [-0.05, 0) is 30.3 Å². The van der Waals surface area contributed by atoms with Gasteiger partial charge in [0, 0.05) is 74.8 Å². The highest BCUT2D eigenvalue weighted by Gasteiger charge is 2.20. The van der Waals surface area contributed by atoms with Crippen LogP contribution in [0.25, 0.3) is 21.8 Å². The molecule has 1 amide bonds. The van der Waals surface area contributed by atoms with E-state index >= 15 is 0 Å². The van der Waals surface area contributed by atoms with Crippen molar-refractivity contribution in [2.24, 2.45) is 14.1 Å². The molecule has 4 aromatic rings. The van der Waals surface area contributed by atoms with Gasteiger partial charge in [0.2, 0.25) is 0 Å². The highest BCUT2D eigenvalue weighted by molar-refractivity contribution is 6.14. The number of nitrogens with one attached hydrogen (secondary N) is 2. The van der Waals surface area contributed by atoms with Gasteiger partial charge in [-0.15, -0.1) is 0 Å². The second-order valence-electron chi connectivity index (χ2n) is 7.46. The van der Waals surface area contributed by atoms with Gasteiger partial charge >= 0.3 is 0 Å². The number of carbonyl (C=O) groups excluding carboxylic acids is 1. The first-order valence-corrected chi connectivity index (χ1v) is 9.75. The van der Waals surface area contributed by atoms with Gasteiger partial charge in [0.05, 0.1) is 11.1 Å².